The van der Waals surface area contributed by atoms with E-state index >= 15 is 0 Å². The lowest BCUT2D eigenvalue weighted by Gasteiger charge is -2.07. The van der Waals surface area contributed by atoms with Gasteiger partial charge in [0, 0.05) is 29.8 Å². The summed E-state index contributed by atoms with van der Waals surface area (Å²) >= 11 is 0. The van der Waals surface area contributed by atoms with Gasteiger partial charge in [0.25, 0.3) is 5.91 Å². The standard InChI is InChI=1S/C14H15FN2O2/c1-9-12(15)7-10(8-13(9)16)14(18)17-5-4-11-3-2-6-19-11/h2-3,6-8H,4-5,16H2,1H3,(H,17,18). The number of carbonyl (C=O) groups excluding carboxylic acids is 1. The van der Waals surface area contributed by atoms with Crippen molar-refractivity contribution >= 4 is 11.6 Å². The number of nitrogens with two attached hydrogens (primary N) is 1. The second-order valence-corrected chi connectivity index (χ2v) is 4.26. The Bertz CT molecular complexity index is 556. The van der Waals surface area contributed by atoms with Crippen LogP contribution in [-0.4, -0.2) is 12.5 Å². The van der Waals surface area contributed by atoms with E-state index in [1.807, 2.05) is 6.07 Å². The van der Waals surface area contributed by atoms with Crippen LogP contribution in [0.5, 0.6) is 0 Å². The van der Waals surface area contributed by atoms with Crippen LogP contribution in [0.15, 0.2) is 34.9 Å². The lowest BCUT2D eigenvalue weighted by molar-refractivity contribution is 0.0953. The monoisotopic (exact) mass is 262 g/mol. The second kappa shape index (κ2) is 5.56. The maximum atomic E-state index is 13.5. The molecule has 0 bridgehead atoms. The lowest BCUT2D eigenvalue weighted by atomic mass is 10.1. The molecule has 0 aliphatic heterocycles. The Kier molecular flexibility index (Phi) is 3.85. The van der Waals surface area contributed by atoms with Crippen LogP contribution in [0, 0.1) is 12.7 Å². The van der Waals surface area contributed by atoms with E-state index in [-0.39, 0.29) is 17.2 Å². The summed E-state index contributed by atoms with van der Waals surface area (Å²) in [6.45, 7) is 1.99. The van der Waals surface area contributed by atoms with Gasteiger partial charge in [-0.2, -0.15) is 0 Å². The summed E-state index contributed by atoms with van der Waals surface area (Å²) in [5.41, 5.74) is 6.48. The molecular formula is C14H15FN2O2. The Labute approximate surface area is 110 Å². The first kappa shape index (κ1) is 13.1. The Morgan fingerprint density at radius 3 is 2.89 bits per heavy atom. The van der Waals surface area contributed by atoms with Gasteiger partial charge in [-0.25, -0.2) is 4.39 Å². The summed E-state index contributed by atoms with van der Waals surface area (Å²) in [6, 6.07) is 6.28. The third-order valence-corrected chi connectivity index (χ3v) is 2.88. The van der Waals surface area contributed by atoms with Crippen molar-refractivity contribution in [3.63, 3.8) is 0 Å². The molecule has 0 spiro atoms. The van der Waals surface area contributed by atoms with E-state index in [0.717, 1.165) is 5.76 Å². The molecule has 0 aliphatic rings. The van der Waals surface area contributed by atoms with Crippen LogP contribution in [0.2, 0.25) is 0 Å². The molecule has 0 fully saturated rings. The van der Waals surface area contributed by atoms with Gasteiger partial charge < -0.3 is 15.5 Å². The molecule has 2 rings (SSSR count). The molecule has 5 heteroatoms. The molecule has 3 N–H and O–H groups in total. The summed E-state index contributed by atoms with van der Waals surface area (Å²) in [7, 11) is 0. The van der Waals surface area contributed by atoms with Gasteiger partial charge in [0.1, 0.15) is 11.6 Å². The summed E-state index contributed by atoms with van der Waals surface area (Å²) in [6.07, 6.45) is 2.16. The number of hydrogen-bond donors (Lipinski definition) is 2. The van der Waals surface area contributed by atoms with E-state index in [1.165, 1.54) is 12.1 Å². The van der Waals surface area contributed by atoms with E-state index in [0.29, 0.717) is 18.5 Å². The summed E-state index contributed by atoms with van der Waals surface area (Å²) in [4.78, 5) is 11.8. The zero-order chi connectivity index (χ0) is 13.8. The van der Waals surface area contributed by atoms with Crippen LogP contribution in [0.1, 0.15) is 21.7 Å². The first-order valence-electron chi connectivity index (χ1n) is 5.94. The van der Waals surface area contributed by atoms with E-state index in [1.54, 1.807) is 19.3 Å². The predicted octanol–water partition coefficient (Wildman–Crippen LogP) is 2.28. The number of nitrogens with one attached hydrogen (secondary N) is 1. The molecule has 2 aromatic rings. The number of rotatable bonds is 4. The molecule has 1 heterocycles. The molecule has 0 saturated heterocycles. The van der Waals surface area contributed by atoms with E-state index in [9.17, 15) is 9.18 Å². The molecule has 4 nitrogen and oxygen atoms in total. The summed E-state index contributed by atoms with van der Waals surface area (Å²) in [5.74, 6) is -0.0387. The highest BCUT2D eigenvalue weighted by Crippen LogP contribution is 2.17. The zero-order valence-electron chi connectivity index (χ0n) is 10.6. The quantitative estimate of drug-likeness (QED) is 0.831. The van der Waals surface area contributed by atoms with Crippen LogP contribution in [-0.2, 0) is 6.42 Å². The number of benzene rings is 1. The fraction of sp³-hybridized carbons (Fsp3) is 0.214. The van der Waals surface area contributed by atoms with Crippen molar-refractivity contribution in [3.05, 3.63) is 53.2 Å². The highest BCUT2D eigenvalue weighted by molar-refractivity contribution is 5.95. The number of carbonyl (C=O) groups is 1. The van der Waals surface area contributed by atoms with Gasteiger partial charge in [0.15, 0.2) is 0 Å². The fourth-order valence-corrected chi connectivity index (χ4v) is 1.69. The third kappa shape index (κ3) is 3.13. The normalized spacial score (nSPS) is 10.4. The average Bonchev–Trinajstić information content (AvgIpc) is 2.88. The van der Waals surface area contributed by atoms with Gasteiger partial charge in [-0.1, -0.05) is 0 Å². The molecule has 0 atom stereocenters. The topological polar surface area (TPSA) is 68.3 Å². The van der Waals surface area contributed by atoms with Crippen molar-refractivity contribution in [1.29, 1.82) is 0 Å². The average molecular weight is 262 g/mol. The van der Waals surface area contributed by atoms with Gasteiger partial charge >= 0.3 is 0 Å². The Morgan fingerprint density at radius 1 is 1.47 bits per heavy atom. The Hall–Kier alpha value is -2.30. The van der Waals surface area contributed by atoms with Crippen LogP contribution in [0.3, 0.4) is 0 Å². The molecule has 1 amide bonds. The van der Waals surface area contributed by atoms with Gasteiger partial charge in [-0.05, 0) is 31.2 Å². The smallest absolute Gasteiger partial charge is 0.251 e. The van der Waals surface area contributed by atoms with E-state index in [2.05, 4.69) is 5.32 Å². The van der Waals surface area contributed by atoms with Crippen molar-refractivity contribution in [2.24, 2.45) is 0 Å². The fourth-order valence-electron chi connectivity index (χ4n) is 1.69. The van der Waals surface area contributed by atoms with E-state index < -0.39 is 5.82 Å². The van der Waals surface area contributed by atoms with E-state index in [4.69, 9.17) is 10.2 Å². The van der Waals surface area contributed by atoms with Crippen LogP contribution in [0.25, 0.3) is 0 Å². The maximum absolute atomic E-state index is 13.5. The number of nitrogen functional groups attached to an aromatic ring is 1. The minimum atomic E-state index is -0.476. The summed E-state index contributed by atoms with van der Waals surface area (Å²) < 4.78 is 18.6. The number of hydrogen-bond acceptors (Lipinski definition) is 3. The van der Waals surface area contributed by atoms with Gasteiger partial charge in [-0.15, -0.1) is 0 Å². The highest BCUT2D eigenvalue weighted by atomic mass is 19.1. The SMILES string of the molecule is Cc1c(N)cc(C(=O)NCCc2ccco2)cc1F. The third-order valence-electron chi connectivity index (χ3n) is 2.88. The first-order chi connectivity index (χ1) is 9.08. The molecule has 1 aromatic heterocycles. The molecule has 0 saturated carbocycles. The van der Waals surface area contributed by atoms with Gasteiger partial charge in [0.05, 0.1) is 6.26 Å². The molecule has 0 radical (unpaired) electrons. The number of anilines is 1. The molecule has 100 valence electrons. The molecule has 0 aliphatic carbocycles. The highest BCUT2D eigenvalue weighted by Gasteiger charge is 2.10. The van der Waals surface area contributed by atoms with Crippen LogP contribution in [0.4, 0.5) is 10.1 Å². The van der Waals surface area contributed by atoms with Gasteiger partial charge in [-0.3, -0.25) is 4.79 Å². The molecule has 19 heavy (non-hydrogen) atoms. The van der Waals surface area contributed by atoms with Crippen molar-refractivity contribution in [2.45, 2.75) is 13.3 Å². The molecular weight excluding hydrogens is 247 g/mol. The van der Waals surface area contributed by atoms with Gasteiger partial charge in [0.2, 0.25) is 0 Å². The first-order valence-corrected chi connectivity index (χ1v) is 5.94. The minimum absolute atomic E-state index is 0.222. The Morgan fingerprint density at radius 2 is 2.26 bits per heavy atom. The minimum Gasteiger partial charge on any atom is -0.469 e. The number of amides is 1. The largest absolute Gasteiger partial charge is 0.469 e. The molecule has 1 aromatic carbocycles. The van der Waals surface area contributed by atoms with Crippen molar-refractivity contribution in [2.75, 3.05) is 12.3 Å². The lowest BCUT2D eigenvalue weighted by Crippen LogP contribution is -2.26. The molecule has 0 unspecified atom stereocenters. The van der Waals surface area contributed by atoms with Crippen molar-refractivity contribution in [3.8, 4) is 0 Å². The van der Waals surface area contributed by atoms with Crippen LogP contribution < -0.4 is 11.1 Å². The zero-order valence-corrected chi connectivity index (χ0v) is 10.6. The predicted molar refractivity (Wildman–Crippen MR) is 70.3 cm³/mol. The maximum Gasteiger partial charge on any atom is 0.251 e. The number of halogens is 1. The summed E-state index contributed by atoms with van der Waals surface area (Å²) in [5, 5.41) is 2.69. The van der Waals surface area contributed by atoms with Crippen molar-refractivity contribution < 1.29 is 13.6 Å². The van der Waals surface area contributed by atoms with Crippen LogP contribution >= 0.6 is 0 Å². The number of furan rings is 1. The van der Waals surface area contributed by atoms with Crippen molar-refractivity contribution in [1.82, 2.24) is 5.32 Å². The second-order valence-electron chi connectivity index (χ2n) is 4.26. The Balaban J connectivity index is 1.96.